The molecule has 0 saturated heterocycles. The maximum absolute atomic E-state index is 0. The molecule has 0 rings (SSSR count). The fourth-order valence-electron chi connectivity index (χ4n) is 0. The maximum atomic E-state index is 0. The first-order chi connectivity index (χ1) is 0. The third kappa shape index (κ3) is 22.7. The standard InChI is InChI=1S/BH3.Cr.GeH4.Mn.H2Se/h1H3;;1H4;;1H2. The van der Waals surface area contributed by atoms with Crippen molar-refractivity contribution < 1.29 is 34.4 Å². The van der Waals surface area contributed by atoms with E-state index in [0.29, 0.717) is 0 Å². The Morgan fingerprint density at radius 2 is 1.00 bits per heavy atom. The van der Waals surface area contributed by atoms with Crippen molar-refractivity contribution in [1.82, 2.24) is 0 Å². The predicted molar refractivity (Wildman–Crippen MR) is 29.8 cm³/mol. The Morgan fingerprint density at radius 1 is 1.00 bits per heavy atom. The van der Waals surface area contributed by atoms with Gasteiger partial charge in [-0.05, 0) is 0 Å². The summed E-state index contributed by atoms with van der Waals surface area (Å²) in [5.74, 6) is 0. The quantitative estimate of drug-likeness (QED) is 0.403. The topological polar surface area (TPSA) is 0 Å². The van der Waals surface area contributed by atoms with Gasteiger partial charge in [-0.3, -0.25) is 0 Å². The first-order valence-electron chi connectivity index (χ1n) is 0. The Bertz CT molecular complexity index is 11.6. The van der Waals surface area contributed by atoms with Crippen molar-refractivity contribution in [3.8, 4) is 0 Å². The molecular weight excluding hydrogens is 269 g/mol. The van der Waals surface area contributed by atoms with Crippen LogP contribution in [0.3, 0.4) is 0 Å². The summed E-state index contributed by atoms with van der Waals surface area (Å²) in [6.07, 6.45) is 0. The van der Waals surface area contributed by atoms with Crippen LogP contribution in [0.2, 0.25) is 0 Å². The molecule has 0 aliphatic carbocycles. The van der Waals surface area contributed by atoms with Crippen LogP contribution in [-0.2, 0) is 34.4 Å². The van der Waals surface area contributed by atoms with Crippen LogP contribution >= 0.6 is 0 Å². The summed E-state index contributed by atoms with van der Waals surface area (Å²) in [6, 6.07) is 0. The van der Waals surface area contributed by atoms with E-state index in [1.807, 2.05) is 0 Å². The van der Waals surface area contributed by atoms with E-state index in [1.165, 1.54) is 0 Å². The van der Waals surface area contributed by atoms with Gasteiger partial charge in [-0.25, -0.2) is 0 Å². The van der Waals surface area contributed by atoms with Gasteiger partial charge in [0.15, 0.2) is 0 Å². The fraction of sp³-hybridized carbons (Fsp3) is 0. The number of rotatable bonds is 0. The van der Waals surface area contributed by atoms with Crippen LogP contribution in [0.1, 0.15) is 0 Å². The molecule has 0 bridgehead atoms. The molecule has 0 unspecified atom stereocenters. The third-order valence-electron chi connectivity index (χ3n) is 0. The van der Waals surface area contributed by atoms with Crippen LogP contribution in [0, 0.1) is 0 Å². The molecular formula is H9BCrGeMnSe. The Labute approximate surface area is 76.9 Å². The van der Waals surface area contributed by atoms with Crippen LogP contribution in [0.4, 0.5) is 0 Å². The van der Waals surface area contributed by atoms with E-state index in [9.17, 15) is 0 Å². The Hall–Kier alpha value is 2.18. The van der Waals surface area contributed by atoms with Gasteiger partial charge in [-0.1, -0.05) is 0 Å². The third-order valence-corrected chi connectivity index (χ3v) is 0. The molecule has 35 valence electrons. The van der Waals surface area contributed by atoms with Crippen molar-refractivity contribution in [3.63, 3.8) is 0 Å². The predicted octanol–water partition coefficient (Wildman–Crippen LogP) is -3.56. The fourth-order valence-corrected chi connectivity index (χ4v) is 0. The van der Waals surface area contributed by atoms with Crippen molar-refractivity contribution in [2.45, 2.75) is 0 Å². The van der Waals surface area contributed by atoms with Gasteiger partial charge in [0.2, 0.25) is 0 Å². The average Bonchev–Trinajstić information content (AvgIpc) is 0. The van der Waals surface area contributed by atoms with E-state index in [2.05, 4.69) is 0 Å². The minimum absolute atomic E-state index is 0. The van der Waals surface area contributed by atoms with Gasteiger partial charge in [0, 0.05) is 34.4 Å². The van der Waals surface area contributed by atoms with Crippen LogP contribution in [0.5, 0.6) is 0 Å². The summed E-state index contributed by atoms with van der Waals surface area (Å²) < 4.78 is 0. The molecule has 0 N–H and O–H groups in total. The van der Waals surface area contributed by atoms with E-state index < -0.39 is 0 Å². The molecule has 1 radical (unpaired) electrons. The first kappa shape index (κ1) is 57.7. The van der Waals surface area contributed by atoms with Gasteiger partial charge in [-0.2, -0.15) is 0 Å². The summed E-state index contributed by atoms with van der Waals surface area (Å²) in [6.45, 7) is 0. The van der Waals surface area contributed by atoms with E-state index in [0.717, 1.165) is 0 Å². The number of hydrogen-bond acceptors (Lipinski definition) is 0. The van der Waals surface area contributed by atoms with Crippen LogP contribution in [0.15, 0.2) is 0 Å². The van der Waals surface area contributed by atoms with Gasteiger partial charge < -0.3 is 0 Å². The van der Waals surface area contributed by atoms with Gasteiger partial charge in [0.1, 0.15) is 0 Å². The molecule has 0 aromatic rings. The zero-order chi connectivity index (χ0) is 0. The summed E-state index contributed by atoms with van der Waals surface area (Å²) >= 11 is 0. The minimum atomic E-state index is 0. The molecule has 0 aliphatic rings. The van der Waals surface area contributed by atoms with Gasteiger partial charge >= 0.3 is 34.7 Å². The Balaban J connectivity index is 0. The van der Waals surface area contributed by atoms with Gasteiger partial charge in [0.25, 0.3) is 0 Å². The van der Waals surface area contributed by atoms with E-state index >= 15 is 0 Å². The summed E-state index contributed by atoms with van der Waals surface area (Å²) in [4.78, 5) is 0. The molecule has 0 heterocycles. The van der Waals surface area contributed by atoms with Crippen molar-refractivity contribution in [1.29, 1.82) is 0 Å². The summed E-state index contributed by atoms with van der Waals surface area (Å²) in [5.41, 5.74) is 0. The molecule has 0 aromatic carbocycles. The van der Waals surface area contributed by atoms with Crippen LogP contribution < -0.4 is 0 Å². The van der Waals surface area contributed by atoms with Crippen LogP contribution in [-0.4, -0.2) is 43.1 Å². The molecule has 0 fully saturated rings. The normalized spacial score (nSPS) is 0. The van der Waals surface area contributed by atoms with Gasteiger partial charge in [-0.15, -0.1) is 0 Å². The Kier molecular flexibility index (Phi) is 403. The molecule has 0 saturated carbocycles. The van der Waals surface area contributed by atoms with E-state index in [4.69, 9.17) is 0 Å². The molecule has 0 aliphatic heterocycles. The molecule has 0 nitrogen and oxygen atoms in total. The van der Waals surface area contributed by atoms with Gasteiger partial charge in [0.05, 0.1) is 8.41 Å². The van der Waals surface area contributed by atoms with Crippen molar-refractivity contribution in [3.05, 3.63) is 0 Å². The summed E-state index contributed by atoms with van der Waals surface area (Å²) in [7, 11) is 0. The van der Waals surface area contributed by atoms with Crippen molar-refractivity contribution >= 4 is 43.1 Å². The molecule has 0 atom stereocenters. The van der Waals surface area contributed by atoms with E-state index in [-0.39, 0.29) is 77.5 Å². The Morgan fingerprint density at radius 3 is 1.00 bits per heavy atom. The average molecular weight is 278 g/mol. The molecule has 5 heavy (non-hydrogen) atoms. The van der Waals surface area contributed by atoms with Crippen LogP contribution in [0.25, 0.3) is 0 Å². The second-order valence-electron chi connectivity index (χ2n) is 0. The molecule has 0 aromatic heterocycles. The van der Waals surface area contributed by atoms with Crippen molar-refractivity contribution in [2.75, 3.05) is 0 Å². The monoisotopic (exact) mass is 281 g/mol. The van der Waals surface area contributed by atoms with Crippen molar-refractivity contribution in [2.24, 2.45) is 0 Å². The zero-order valence-electron chi connectivity index (χ0n) is 1.29. The number of hydrogen-bond donors (Lipinski definition) is 0. The molecule has 0 amide bonds. The summed E-state index contributed by atoms with van der Waals surface area (Å²) in [5, 5.41) is 0. The van der Waals surface area contributed by atoms with E-state index in [1.54, 1.807) is 0 Å². The molecule has 0 spiro atoms. The second-order valence-corrected chi connectivity index (χ2v) is 0. The zero-order valence-corrected chi connectivity index (χ0v) is 5.84. The SMILES string of the molecule is B.[Cr].[GeH4].[Mn].[SeH2]. The second kappa shape index (κ2) is 34.9. The first-order valence-corrected chi connectivity index (χ1v) is 0. The molecule has 5 heteroatoms.